The largest absolute Gasteiger partial charge is 0.465 e. The number of hydrogen-bond acceptors (Lipinski definition) is 6. The Kier molecular flexibility index (Phi) is 5.64. The third-order valence-corrected chi connectivity index (χ3v) is 13.5. The van der Waals surface area contributed by atoms with Gasteiger partial charge in [-0.05, 0) is 73.5 Å². The van der Waals surface area contributed by atoms with Crippen molar-refractivity contribution in [2.45, 2.75) is 124 Å². The number of aliphatic hydroxyl groups excluding tert-OH is 1. The zero-order valence-corrected chi connectivity index (χ0v) is 25.3. The molecule has 0 radical (unpaired) electrons. The van der Waals surface area contributed by atoms with Gasteiger partial charge in [0.15, 0.2) is 0 Å². The van der Waals surface area contributed by atoms with Gasteiger partial charge in [-0.3, -0.25) is 4.79 Å². The Balaban J connectivity index is 1.51. The molecular formula is C33H49NO5. The number of allylic oxidation sites excluding steroid dienone is 1. The van der Waals surface area contributed by atoms with E-state index in [1.165, 1.54) is 18.1 Å². The monoisotopic (exact) mass is 539 g/mol. The molecule has 0 aliphatic heterocycles. The molecule has 5 aliphatic carbocycles. The molecule has 0 saturated heterocycles. The molecule has 3 saturated carbocycles. The molecule has 2 N–H and O–H groups in total. The number of rotatable bonds is 2. The van der Waals surface area contributed by atoms with Crippen LogP contribution in [0, 0.1) is 38.9 Å². The van der Waals surface area contributed by atoms with Crippen molar-refractivity contribution in [1.29, 1.82) is 0 Å². The summed E-state index contributed by atoms with van der Waals surface area (Å²) in [5.74, 6) is 0.929. The van der Waals surface area contributed by atoms with Crippen molar-refractivity contribution in [3.63, 3.8) is 0 Å². The Morgan fingerprint density at radius 2 is 1.74 bits per heavy atom. The average Bonchev–Trinajstić information content (AvgIpc) is 3.31. The van der Waals surface area contributed by atoms with Gasteiger partial charge in [0.25, 0.3) is 0 Å². The number of carbonyl (C=O) groups is 1. The maximum atomic E-state index is 13.1. The van der Waals surface area contributed by atoms with E-state index in [0.29, 0.717) is 12.5 Å². The molecule has 6 rings (SSSR count). The van der Waals surface area contributed by atoms with Gasteiger partial charge in [-0.1, -0.05) is 65.3 Å². The van der Waals surface area contributed by atoms with Crippen molar-refractivity contribution in [2.24, 2.45) is 38.9 Å². The van der Waals surface area contributed by atoms with Crippen LogP contribution in [0.3, 0.4) is 0 Å². The van der Waals surface area contributed by atoms with Crippen molar-refractivity contribution >= 4 is 5.97 Å². The second kappa shape index (κ2) is 8.00. The van der Waals surface area contributed by atoms with E-state index in [0.717, 1.165) is 57.1 Å². The van der Waals surface area contributed by atoms with Crippen LogP contribution in [0.5, 0.6) is 0 Å². The van der Waals surface area contributed by atoms with E-state index < -0.39 is 17.1 Å². The molecule has 216 valence electrons. The highest BCUT2D eigenvalue weighted by Crippen LogP contribution is 2.76. The third kappa shape index (κ3) is 3.28. The van der Waals surface area contributed by atoms with Gasteiger partial charge in [-0.15, -0.1) is 0 Å². The first-order valence-corrected chi connectivity index (χ1v) is 15.2. The number of carbonyl (C=O) groups excluding carboxylic acids is 1. The van der Waals surface area contributed by atoms with Crippen LogP contribution in [0.1, 0.15) is 112 Å². The van der Waals surface area contributed by atoms with E-state index in [9.17, 15) is 15.0 Å². The Bertz CT molecular complexity index is 1230. The average molecular weight is 540 g/mol. The predicted octanol–water partition coefficient (Wildman–Crippen LogP) is 6.14. The lowest BCUT2D eigenvalue weighted by molar-refractivity contribution is -0.293. The number of nitrogens with zero attached hydrogens (tertiary/aromatic N) is 1. The Morgan fingerprint density at radius 3 is 2.44 bits per heavy atom. The van der Waals surface area contributed by atoms with Gasteiger partial charge in [0.1, 0.15) is 17.5 Å². The summed E-state index contributed by atoms with van der Waals surface area (Å²) >= 11 is 0. The standard InChI is InChI=1S/C33H49NO5/c1-20(35)38-19-32-13-11-27(2,3)17-24(32)33(37)25(36)15-23-29(6)16-21-18-34-39-26(21)28(4,5)22(29)9-10-30(23,7)31(33,8)12-14-32/h15,18,22,24-25,36-37H,9-14,16-17,19H2,1-8H3/t22-,24+,25+,29-,30+,31-,32+,33+/m0/s1. The first-order valence-electron chi connectivity index (χ1n) is 15.2. The molecule has 1 aromatic heterocycles. The molecule has 1 heterocycles. The zero-order chi connectivity index (χ0) is 28.4. The minimum Gasteiger partial charge on any atom is -0.465 e. The molecule has 6 heteroatoms. The van der Waals surface area contributed by atoms with E-state index in [2.05, 4.69) is 59.7 Å². The van der Waals surface area contributed by atoms with Crippen LogP contribution in [0.25, 0.3) is 0 Å². The Labute approximate surface area is 233 Å². The minimum absolute atomic E-state index is 0.0463. The molecule has 5 aliphatic rings. The third-order valence-electron chi connectivity index (χ3n) is 13.5. The molecule has 0 unspecified atom stereocenters. The number of esters is 1. The molecule has 3 fully saturated rings. The number of fused-ring (bicyclic) bond motifs is 8. The highest BCUT2D eigenvalue weighted by molar-refractivity contribution is 5.66. The summed E-state index contributed by atoms with van der Waals surface area (Å²) in [6.07, 6.45) is 10.3. The molecule has 39 heavy (non-hydrogen) atoms. The number of hydrogen-bond donors (Lipinski definition) is 2. The van der Waals surface area contributed by atoms with Crippen molar-refractivity contribution in [3.05, 3.63) is 29.2 Å². The Morgan fingerprint density at radius 1 is 1.05 bits per heavy atom. The van der Waals surface area contributed by atoms with Gasteiger partial charge in [0, 0.05) is 34.7 Å². The number of aliphatic hydroxyl groups is 2. The first kappa shape index (κ1) is 27.5. The van der Waals surface area contributed by atoms with Crippen LogP contribution in [-0.2, 0) is 21.4 Å². The first-order chi connectivity index (χ1) is 18.0. The number of ether oxygens (including phenoxy) is 1. The molecule has 8 atom stereocenters. The SMILES string of the molecule is CC(=O)OC[C@]12CCC(C)(C)C[C@H]1[C@@]1(O)[C@H](O)C=C3[C@@]4(C)Cc5cnoc5C(C)(C)[C@@H]4CC[C@@]3(C)[C@]1(C)CC2. The van der Waals surface area contributed by atoms with Crippen molar-refractivity contribution in [2.75, 3.05) is 6.61 Å². The lowest BCUT2D eigenvalue weighted by atomic mass is 9.32. The highest BCUT2D eigenvalue weighted by atomic mass is 16.5. The maximum Gasteiger partial charge on any atom is 0.302 e. The summed E-state index contributed by atoms with van der Waals surface area (Å²) in [7, 11) is 0. The molecular weight excluding hydrogens is 490 g/mol. The fourth-order valence-electron chi connectivity index (χ4n) is 11.2. The van der Waals surface area contributed by atoms with Gasteiger partial charge in [0.05, 0.1) is 12.8 Å². The molecule has 0 amide bonds. The van der Waals surface area contributed by atoms with E-state index in [-0.39, 0.29) is 39.0 Å². The van der Waals surface area contributed by atoms with Crippen LogP contribution >= 0.6 is 0 Å². The molecule has 0 aromatic carbocycles. The zero-order valence-electron chi connectivity index (χ0n) is 25.3. The summed E-state index contributed by atoms with van der Waals surface area (Å²) in [6, 6.07) is 0. The molecule has 0 bridgehead atoms. The van der Waals surface area contributed by atoms with E-state index >= 15 is 0 Å². The van der Waals surface area contributed by atoms with Gasteiger partial charge < -0.3 is 19.5 Å². The predicted molar refractivity (Wildman–Crippen MR) is 149 cm³/mol. The summed E-state index contributed by atoms with van der Waals surface area (Å²) < 4.78 is 11.5. The molecule has 0 spiro atoms. The molecule has 6 nitrogen and oxygen atoms in total. The lowest BCUT2D eigenvalue weighted by Crippen LogP contribution is -2.75. The summed E-state index contributed by atoms with van der Waals surface area (Å²) in [6.45, 7) is 18.0. The summed E-state index contributed by atoms with van der Waals surface area (Å²) in [5.41, 5.74) is -0.222. The van der Waals surface area contributed by atoms with Crippen LogP contribution in [0.15, 0.2) is 22.4 Å². The normalized spacial score (nSPS) is 47.4. The smallest absolute Gasteiger partial charge is 0.302 e. The number of aromatic nitrogens is 1. The van der Waals surface area contributed by atoms with Crippen LogP contribution in [-0.4, -0.2) is 39.7 Å². The minimum atomic E-state index is -1.31. The summed E-state index contributed by atoms with van der Waals surface area (Å²) in [5, 5.41) is 29.5. The van der Waals surface area contributed by atoms with Gasteiger partial charge in [-0.25, -0.2) is 0 Å². The van der Waals surface area contributed by atoms with Crippen LogP contribution in [0.4, 0.5) is 0 Å². The fraction of sp³-hybridized carbons (Fsp3) is 0.818. The highest BCUT2D eigenvalue weighted by Gasteiger charge is 2.75. The van der Waals surface area contributed by atoms with Gasteiger partial charge in [0.2, 0.25) is 0 Å². The van der Waals surface area contributed by atoms with Crippen LogP contribution in [0.2, 0.25) is 0 Å². The van der Waals surface area contributed by atoms with Crippen molar-refractivity contribution in [1.82, 2.24) is 5.16 Å². The Hall–Kier alpha value is -1.66. The van der Waals surface area contributed by atoms with E-state index in [1.54, 1.807) is 0 Å². The second-order valence-electron chi connectivity index (χ2n) is 16.2. The van der Waals surface area contributed by atoms with Crippen molar-refractivity contribution < 1.29 is 24.3 Å². The van der Waals surface area contributed by atoms with Crippen LogP contribution < -0.4 is 0 Å². The lowest BCUT2D eigenvalue weighted by Gasteiger charge is -2.73. The fourth-order valence-corrected chi connectivity index (χ4v) is 11.2. The molecule has 1 aromatic rings. The van der Waals surface area contributed by atoms with Gasteiger partial charge >= 0.3 is 5.97 Å². The maximum absolute atomic E-state index is 13.1. The van der Waals surface area contributed by atoms with Gasteiger partial charge in [-0.2, -0.15) is 0 Å². The van der Waals surface area contributed by atoms with E-state index in [4.69, 9.17) is 9.26 Å². The van der Waals surface area contributed by atoms with E-state index in [1.807, 2.05) is 6.20 Å². The van der Waals surface area contributed by atoms with Crippen molar-refractivity contribution in [3.8, 4) is 0 Å². The quantitative estimate of drug-likeness (QED) is 0.346. The summed E-state index contributed by atoms with van der Waals surface area (Å²) in [4.78, 5) is 11.9. The topological polar surface area (TPSA) is 92.8 Å². The second-order valence-corrected chi connectivity index (χ2v) is 16.2.